The molecule has 4 rings (SSSR count). The normalized spacial score (nSPS) is 25.0. The molecule has 1 aliphatic carbocycles. The first-order chi connectivity index (χ1) is 18.5. The molecule has 0 aromatic heterocycles. The highest BCUT2D eigenvalue weighted by Gasteiger charge is 2.51. The van der Waals surface area contributed by atoms with E-state index < -0.39 is 61.8 Å². The highest BCUT2D eigenvalue weighted by molar-refractivity contribution is 7.90. The Kier molecular flexibility index (Phi) is 8.04. The predicted molar refractivity (Wildman–Crippen MR) is 133 cm³/mol. The summed E-state index contributed by atoms with van der Waals surface area (Å²) in [4.78, 5) is 12.5. The molecule has 2 fully saturated rings. The fourth-order valence-electron chi connectivity index (χ4n) is 4.79. The summed E-state index contributed by atoms with van der Waals surface area (Å²) in [5.74, 6) is -0.871. The Bertz CT molecular complexity index is 1300. The van der Waals surface area contributed by atoms with Gasteiger partial charge in [-0.05, 0) is 61.9 Å². The zero-order valence-electron chi connectivity index (χ0n) is 21.4. The summed E-state index contributed by atoms with van der Waals surface area (Å²) < 4.78 is 114. The third kappa shape index (κ3) is 6.45. The number of primary amides is 1. The molecule has 0 radical (unpaired) electrons. The van der Waals surface area contributed by atoms with Crippen LogP contribution in [-0.2, 0) is 37.4 Å². The average Bonchev–Trinajstić information content (AvgIpc) is 3.74. The lowest BCUT2D eigenvalue weighted by atomic mass is 9.76. The highest BCUT2D eigenvalue weighted by Crippen LogP contribution is 2.40. The van der Waals surface area contributed by atoms with E-state index in [4.69, 9.17) is 10.5 Å². The van der Waals surface area contributed by atoms with Gasteiger partial charge in [0.05, 0.1) is 34.6 Å². The van der Waals surface area contributed by atoms with Gasteiger partial charge in [-0.25, -0.2) is 8.42 Å². The highest BCUT2D eigenvalue weighted by atomic mass is 32.2. The van der Waals surface area contributed by atoms with Crippen LogP contribution in [0.2, 0.25) is 0 Å². The number of ether oxygens (including phenoxy) is 1. The van der Waals surface area contributed by atoms with Gasteiger partial charge < -0.3 is 15.8 Å². The van der Waals surface area contributed by atoms with E-state index >= 15 is 0 Å². The molecule has 2 unspecified atom stereocenters. The van der Waals surface area contributed by atoms with Crippen molar-refractivity contribution in [2.75, 3.05) is 13.2 Å². The molecule has 14 heteroatoms. The molecule has 4 N–H and O–H groups in total. The molecular formula is C26H29F6N3O4S. The SMILES string of the molecule is CC(OCC1(c2ccccc2)CC[C@@](NS(=O)(=O)C2CC2)(C(N)=O)CN1)c1cc(C(F)(F)F)cc(C(F)(F)F)c1. The first kappa shape index (κ1) is 30.3. The van der Waals surface area contributed by atoms with Crippen molar-refractivity contribution in [1.82, 2.24) is 10.0 Å². The Morgan fingerprint density at radius 2 is 1.62 bits per heavy atom. The number of carbonyl (C=O) groups excluding carboxylic acids is 1. The Hall–Kier alpha value is -2.68. The van der Waals surface area contributed by atoms with Gasteiger partial charge in [0.15, 0.2) is 0 Å². The zero-order chi connectivity index (χ0) is 29.6. The Morgan fingerprint density at radius 3 is 2.08 bits per heavy atom. The van der Waals surface area contributed by atoms with Crippen LogP contribution in [0.5, 0.6) is 0 Å². The number of carbonyl (C=O) groups is 1. The molecule has 2 aromatic carbocycles. The Labute approximate surface area is 227 Å². The summed E-state index contributed by atoms with van der Waals surface area (Å²) >= 11 is 0. The number of nitrogens with one attached hydrogen (secondary N) is 2. The maximum absolute atomic E-state index is 13.4. The number of hydrogen-bond donors (Lipinski definition) is 3. The van der Waals surface area contributed by atoms with Gasteiger partial charge in [-0.2, -0.15) is 31.1 Å². The lowest BCUT2D eigenvalue weighted by molar-refractivity contribution is -0.143. The summed E-state index contributed by atoms with van der Waals surface area (Å²) in [5.41, 5.74) is 0.428. The van der Waals surface area contributed by atoms with Crippen LogP contribution >= 0.6 is 0 Å². The molecule has 40 heavy (non-hydrogen) atoms. The number of halogens is 6. The molecule has 1 heterocycles. The van der Waals surface area contributed by atoms with Crippen LogP contribution in [0.25, 0.3) is 0 Å². The first-order valence-corrected chi connectivity index (χ1v) is 14.1. The van der Waals surface area contributed by atoms with Gasteiger partial charge in [-0.1, -0.05) is 30.3 Å². The van der Waals surface area contributed by atoms with E-state index in [-0.39, 0.29) is 37.6 Å². The summed E-state index contributed by atoms with van der Waals surface area (Å²) in [6.45, 7) is 0.928. The lowest BCUT2D eigenvalue weighted by Gasteiger charge is -2.46. The van der Waals surface area contributed by atoms with Gasteiger partial charge in [-0.15, -0.1) is 0 Å². The maximum Gasteiger partial charge on any atom is 0.416 e. The Morgan fingerprint density at radius 1 is 1.05 bits per heavy atom. The van der Waals surface area contributed by atoms with Gasteiger partial charge in [0, 0.05) is 6.54 Å². The Balaban J connectivity index is 1.60. The molecule has 1 aliphatic heterocycles. The number of benzene rings is 2. The standard InChI is InChI=1S/C26H29F6N3O4S/c1-16(17-11-19(25(27,28)29)13-20(12-17)26(30,31)32)39-15-24(18-5-3-2-4-6-18)10-9-23(14-34-24,22(33)36)35-40(37,38)21-7-8-21/h2-6,11-13,16,21,34-35H,7-10,14-15H2,1H3,(H2,33,36)/t16?,23-,24?/m0/s1. The molecule has 7 nitrogen and oxygen atoms in total. The van der Waals surface area contributed by atoms with Crippen molar-refractivity contribution in [3.63, 3.8) is 0 Å². The molecule has 1 saturated heterocycles. The van der Waals surface area contributed by atoms with Gasteiger partial charge in [0.25, 0.3) is 0 Å². The summed E-state index contributed by atoms with van der Waals surface area (Å²) in [7, 11) is -3.79. The predicted octanol–water partition coefficient (Wildman–Crippen LogP) is 4.39. The van der Waals surface area contributed by atoms with E-state index in [2.05, 4.69) is 10.0 Å². The van der Waals surface area contributed by atoms with E-state index in [1.807, 2.05) is 0 Å². The maximum atomic E-state index is 13.4. The van der Waals surface area contributed by atoms with Crippen molar-refractivity contribution < 1.29 is 44.3 Å². The zero-order valence-corrected chi connectivity index (χ0v) is 22.2. The number of sulfonamides is 1. The van der Waals surface area contributed by atoms with Crippen LogP contribution in [0.3, 0.4) is 0 Å². The number of nitrogens with two attached hydrogens (primary N) is 1. The quantitative estimate of drug-likeness (QED) is 0.374. The molecule has 2 aromatic rings. The second kappa shape index (κ2) is 10.6. The van der Waals surface area contributed by atoms with Crippen molar-refractivity contribution in [2.24, 2.45) is 5.73 Å². The second-order valence-corrected chi connectivity index (χ2v) is 12.3. The minimum absolute atomic E-state index is 0.0182. The van der Waals surface area contributed by atoms with Crippen LogP contribution < -0.4 is 15.8 Å². The monoisotopic (exact) mass is 593 g/mol. The van der Waals surface area contributed by atoms with Crippen LogP contribution in [0, 0.1) is 0 Å². The van der Waals surface area contributed by atoms with Crippen LogP contribution in [0.1, 0.15) is 61.0 Å². The molecule has 1 amide bonds. The van der Waals surface area contributed by atoms with Crippen molar-refractivity contribution in [2.45, 2.75) is 67.4 Å². The largest absolute Gasteiger partial charge is 0.416 e. The van der Waals surface area contributed by atoms with E-state index in [0.29, 0.717) is 30.5 Å². The van der Waals surface area contributed by atoms with Crippen LogP contribution in [0.15, 0.2) is 48.5 Å². The van der Waals surface area contributed by atoms with Crippen LogP contribution in [0.4, 0.5) is 26.3 Å². The van der Waals surface area contributed by atoms with Crippen molar-refractivity contribution in [3.05, 3.63) is 70.8 Å². The third-order valence-corrected chi connectivity index (χ3v) is 9.49. The van der Waals surface area contributed by atoms with Crippen LogP contribution in [-0.4, -0.2) is 38.3 Å². The van der Waals surface area contributed by atoms with Crippen molar-refractivity contribution in [1.29, 1.82) is 0 Å². The fraction of sp³-hybridized carbons (Fsp3) is 0.500. The minimum Gasteiger partial charge on any atom is -0.372 e. The molecule has 220 valence electrons. The number of alkyl halides is 6. The number of rotatable bonds is 9. The first-order valence-electron chi connectivity index (χ1n) is 12.5. The van der Waals surface area contributed by atoms with E-state index in [0.717, 1.165) is 0 Å². The summed E-state index contributed by atoms with van der Waals surface area (Å²) in [5, 5.41) is 2.57. The lowest BCUT2D eigenvalue weighted by Crippen LogP contribution is -2.69. The summed E-state index contributed by atoms with van der Waals surface area (Å²) in [6.07, 6.45) is -10.1. The molecule has 0 bridgehead atoms. The fourth-order valence-corrected chi connectivity index (χ4v) is 6.54. The van der Waals surface area contributed by atoms with Gasteiger partial charge >= 0.3 is 12.4 Å². The minimum atomic E-state index is -5.00. The smallest absolute Gasteiger partial charge is 0.372 e. The second-order valence-electron chi connectivity index (χ2n) is 10.4. The molecule has 1 saturated carbocycles. The molecule has 3 atom stereocenters. The van der Waals surface area contributed by atoms with Gasteiger partial charge in [0.1, 0.15) is 5.54 Å². The molecule has 2 aliphatic rings. The number of hydrogen-bond acceptors (Lipinski definition) is 5. The van der Waals surface area contributed by atoms with Crippen molar-refractivity contribution in [3.8, 4) is 0 Å². The topological polar surface area (TPSA) is 111 Å². The van der Waals surface area contributed by atoms with E-state index in [1.54, 1.807) is 30.3 Å². The average molecular weight is 594 g/mol. The molecule has 0 spiro atoms. The van der Waals surface area contributed by atoms with Gasteiger partial charge in [-0.3, -0.25) is 4.79 Å². The number of amides is 1. The molecular weight excluding hydrogens is 564 g/mol. The van der Waals surface area contributed by atoms with E-state index in [9.17, 15) is 39.6 Å². The summed E-state index contributed by atoms with van der Waals surface area (Å²) in [6, 6.07) is 10.0. The van der Waals surface area contributed by atoms with Crippen molar-refractivity contribution >= 4 is 15.9 Å². The van der Waals surface area contributed by atoms with E-state index in [1.165, 1.54) is 6.92 Å². The number of piperidine rings is 1. The van der Waals surface area contributed by atoms with Gasteiger partial charge in [0.2, 0.25) is 15.9 Å². The third-order valence-electron chi connectivity index (χ3n) is 7.47.